The maximum Gasteiger partial charge on any atom is 0.152 e. The molecule has 0 aliphatic heterocycles. The lowest BCUT2D eigenvalue weighted by atomic mass is 10.3. The van der Waals surface area contributed by atoms with Crippen molar-refractivity contribution in [2.45, 2.75) is 6.92 Å². The maximum absolute atomic E-state index is 12.3. The zero-order valence-corrected chi connectivity index (χ0v) is 12.7. The van der Waals surface area contributed by atoms with Crippen molar-refractivity contribution in [3.05, 3.63) is 41.3 Å². The van der Waals surface area contributed by atoms with Crippen LogP contribution < -0.4 is 10.6 Å². The van der Waals surface area contributed by atoms with Gasteiger partial charge in [0.05, 0.1) is 11.9 Å². The van der Waals surface area contributed by atoms with Crippen LogP contribution in [0.1, 0.15) is 5.82 Å². The van der Waals surface area contributed by atoms with Crippen molar-refractivity contribution in [2.75, 3.05) is 18.6 Å². The first-order valence-electron chi connectivity index (χ1n) is 5.78. The molecule has 0 atom stereocenters. The maximum atomic E-state index is 12.3. The molecule has 0 saturated heterocycles. The van der Waals surface area contributed by atoms with E-state index >= 15 is 0 Å². The molecule has 4 nitrogen and oxygen atoms in total. The lowest BCUT2D eigenvalue weighted by Crippen LogP contribution is -2.10. The summed E-state index contributed by atoms with van der Waals surface area (Å²) in [6.45, 7) is 5.26. The molecule has 0 spiro atoms. The summed E-state index contributed by atoms with van der Waals surface area (Å²) < 4.78 is 12.3. The topological polar surface area (TPSA) is 54.9 Å². The summed E-state index contributed by atoms with van der Waals surface area (Å²) in [5, 5.41) is 4.35. The van der Waals surface area contributed by atoms with Gasteiger partial charge in [-0.1, -0.05) is 23.7 Å². The van der Waals surface area contributed by atoms with Crippen molar-refractivity contribution in [1.29, 1.82) is 0 Å². The summed E-state index contributed by atoms with van der Waals surface area (Å²) in [5.74, 6) is 1.15. The van der Waals surface area contributed by atoms with Crippen LogP contribution in [0, 0.1) is 6.92 Å². The van der Waals surface area contributed by atoms with Gasteiger partial charge in [-0.3, -0.25) is 0 Å². The van der Waals surface area contributed by atoms with Crippen molar-refractivity contribution in [3.63, 3.8) is 0 Å². The number of nitrogens with one attached hydrogen (secondary N) is 1. The first kappa shape index (κ1) is 14.0. The average molecular weight is 296 g/mol. The predicted molar refractivity (Wildman–Crippen MR) is 80.6 cm³/mol. The van der Waals surface area contributed by atoms with Crippen LogP contribution in [0.2, 0.25) is 5.02 Å². The highest BCUT2D eigenvalue weighted by atomic mass is 35.5. The zero-order valence-electron chi connectivity index (χ0n) is 11.0. The van der Waals surface area contributed by atoms with E-state index in [1.54, 1.807) is 26.5 Å². The number of hydrogen-bond donors (Lipinski definition) is 1. The number of para-hydroxylation sites is 1. The lowest BCUT2D eigenvalue weighted by Gasteiger charge is -2.15. The highest BCUT2D eigenvalue weighted by Crippen LogP contribution is 2.38. The number of rotatable bonds is 3. The van der Waals surface area contributed by atoms with Crippen LogP contribution in [0.15, 0.2) is 30.5 Å². The van der Waals surface area contributed by atoms with Gasteiger partial charge in [-0.2, -0.15) is 0 Å². The van der Waals surface area contributed by atoms with Crippen LogP contribution >= 0.6 is 18.7 Å². The Labute approximate surface area is 117 Å². The Morgan fingerprint density at radius 2 is 1.95 bits per heavy atom. The fourth-order valence-electron chi connectivity index (χ4n) is 1.72. The summed E-state index contributed by atoms with van der Waals surface area (Å²) >= 11 is 6.06. The van der Waals surface area contributed by atoms with Gasteiger partial charge < -0.3 is 9.88 Å². The first-order chi connectivity index (χ1) is 8.88. The van der Waals surface area contributed by atoms with Gasteiger partial charge >= 0.3 is 0 Å². The number of hydrogen-bond acceptors (Lipinski definition) is 4. The van der Waals surface area contributed by atoms with E-state index in [9.17, 15) is 4.57 Å². The Balaban J connectivity index is 2.44. The van der Waals surface area contributed by atoms with E-state index in [2.05, 4.69) is 15.3 Å². The Morgan fingerprint density at radius 1 is 1.26 bits per heavy atom. The van der Waals surface area contributed by atoms with E-state index < -0.39 is 7.14 Å². The quantitative estimate of drug-likeness (QED) is 0.882. The normalized spacial score (nSPS) is 11.4. The van der Waals surface area contributed by atoms with Crippen LogP contribution in [0.4, 0.5) is 11.5 Å². The number of halogens is 1. The smallest absolute Gasteiger partial charge is 0.152 e. The molecule has 0 fully saturated rings. The molecular formula is C13H15ClN3OP. The van der Waals surface area contributed by atoms with Gasteiger partial charge in [0, 0.05) is 5.30 Å². The molecule has 0 unspecified atom stereocenters. The van der Waals surface area contributed by atoms with Gasteiger partial charge in [-0.05, 0) is 32.4 Å². The van der Waals surface area contributed by atoms with Crippen molar-refractivity contribution >= 4 is 35.6 Å². The zero-order chi connectivity index (χ0) is 14.0. The van der Waals surface area contributed by atoms with E-state index in [1.807, 2.05) is 24.3 Å². The minimum atomic E-state index is -2.37. The summed E-state index contributed by atoms with van der Waals surface area (Å²) in [4.78, 5) is 8.26. The molecule has 1 heterocycles. The number of aromatic nitrogens is 2. The Hall–Kier alpha value is -1.38. The number of aryl methyl sites for hydroxylation is 1. The summed E-state index contributed by atoms with van der Waals surface area (Å²) in [5.41, 5.74) is 0.760. The third-order valence-corrected chi connectivity index (χ3v) is 4.43. The Kier molecular flexibility index (Phi) is 3.93. The van der Waals surface area contributed by atoms with Crippen molar-refractivity contribution < 1.29 is 4.57 Å². The first-order valence-corrected chi connectivity index (χ1v) is 8.76. The highest BCUT2D eigenvalue weighted by molar-refractivity contribution is 7.70. The molecule has 2 rings (SSSR count). The molecule has 2 aromatic rings. The number of benzene rings is 1. The molecular weight excluding hydrogens is 281 g/mol. The van der Waals surface area contributed by atoms with E-state index in [0.717, 1.165) is 11.0 Å². The standard InChI is InChI=1S/C13H15ClN3OP/c1-9-15-8-10(14)13(16-9)17-11-6-4-5-7-12(11)19(2,3)18/h4-8H,1-3H3,(H,15,16,17). The van der Waals surface area contributed by atoms with Crippen molar-refractivity contribution in [1.82, 2.24) is 9.97 Å². The van der Waals surface area contributed by atoms with Gasteiger partial charge in [-0.15, -0.1) is 0 Å². The lowest BCUT2D eigenvalue weighted by molar-refractivity contribution is 0.588. The molecule has 0 amide bonds. The number of anilines is 2. The molecule has 0 aliphatic rings. The van der Waals surface area contributed by atoms with Gasteiger partial charge in [-0.25, -0.2) is 9.97 Å². The molecule has 6 heteroatoms. The minimum absolute atomic E-state index is 0.433. The van der Waals surface area contributed by atoms with Crippen LogP contribution in [-0.2, 0) is 4.57 Å². The molecule has 0 saturated carbocycles. The second-order valence-electron chi connectivity index (χ2n) is 4.61. The van der Waals surface area contributed by atoms with Gasteiger partial charge in [0.2, 0.25) is 0 Å². The van der Waals surface area contributed by atoms with E-state index in [-0.39, 0.29) is 0 Å². The minimum Gasteiger partial charge on any atom is -0.338 e. The van der Waals surface area contributed by atoms with Crippen molar-refractivity contribution in [3.8, 4) is 0 Å². The molecule has 0 aliphatic carbocycles. The fraction of sp³-hybridized carbons (Fsp3) is 0.231. The predicted octanol–water partition coefficient (Wildman–Crippen LogP) is 3.43. The third kappa shape index (κ3) is 3.34. The molecule has 19 heavy (non-hydrogen) atoms. The molecule has 1 N–H and O–H groups in total. The third-order valence-electron chi connectivity index (χ3n) is 2.60. The van der Waals surface area contributed by atoms with Gasteiger partial charge in [0.25, 0.3) is 0 Å². The molecule has 0 bridgehead atoms. The molecule has 1 aromatic heterocycles. The molecule has 1 aromatic carbocycles. The van der Waals surface area contributed by atoms with Gasteiger partial charge in [0.15, 0.2) is 5.82 Å². The van der Waals surface area contributed by atoms with E-state index in [0.29, 0.717) is 16.7 Å². The van der Waals surface area contributed by atoms with Crippen LogP contribution in [0.25, 0.3) is 0 Å². The van der Waals surface area contributed by atoms with E-state index in [4.69, 9.17) is 11.6 Å². The molecule has 0 radical (unpaired) electrons. The summed E-state index contributed by atoms with van der Waals surface area (Å²) in [7, 11) is -2.37. The van der Waals surface area contributed by atoms with Crippen LogP contribution in [0.3, 0.4) is 0 Å². The van der Waals surface area contributed by atoms with Crippen LogP contribution in [0.5, 0.6) is 0 Å². The second kappa shape index (κ2) is 5.32. The Bertz CT molecular complexity index is 654. The second-order valence-corrected chi connectivity index (χ2v) is 8.20. The van der Waals surface area contributed by atoms with E-state index in [1.165, 1.54) is 0 Å². The monoisotopic (exact) mass is 295 g/mol. The Morgan fingerprint density at radius 3 is 2.63 bits per heavy atom. The largest absolute Gasteiger partial charge is 0.338 e. The summed E-state index contributed by atoms with van der Waals surface area (Å²) in [6, 6.07) is 7.46. The fourth-order valence-corrected chi connectivity index (χ4v) is 3.01. The summed E-state index contributed by atoms with van der Waals surface area (Å²) in [6.07, 6.45) is 1.55. The van der Waals surface area contributed by atoms with Crippen molar-refractivity contribution in [2.24, 2.45) is 0 Å². The SMILES string of the molecule is Cc1ncc(Cl)c(Nc2ccccc2P(C)(C)=O)n1. The highest BCUT2D eigenvalue weighted by Gasteiger charge is 2.16. The average Bonchev–Trinajstić information content (AvgIpc) is 2.33. The molecule has 100 valence electrons. The van der Waals surface area contributed by atoms with Crippen LogP contribution in [-0.4, -0.2) is 23.3 Å². The van der Waals surface area contributed by atoms with Gasteiger partial charge in [0.1, 0.15) is 18.0 Å². The number of nitrogens with zero attached hydrogens (tertiary/aromatic N) is 2.